The van der Waals surface area contributed by atoms with Crippen molar-refractivity contribution in [2.75, 3.05) is 72.5 Å². The molecule has 1 unspecified atom stereocenters. The third-order valence-electron chi connectivity index (χ3n) is 7.04. The van der Waals surface area contributed by atoms with Crippen LogP contribution in [-0.2, 0) is 0 Å². The molecule has 0 aliphatic carbocycles. The van der Waals surface area contributed by atoms with Gasteiger partial charge in [-0.1, -0.05) is 6.92 Å². The molecule has 0 spiro atoms. The fourth-order valence-corrected chi connectivity index (χ4v) is 5.29. The maximum absolute atomic E-state index is 2.81. The van der Waals surface area contributed by atoms with E-state index in [0.29, 0.717) is 5.54 Å². The van der Waals surface area contributed by atoms with Crippen LogP contribution in [0.3, 0.4) is 0 Å². The average molecular weight is 351 g/mol. The molecule has 3 fully saturated rings. The molecule has 0 amide bonds. The minimum atomic E-state index is 0.332. The van der Waals surface area contributed by atoms with Crippen LogP contribution < -0.4 is 0 Å². The van der Waals surface area contributed by atoms with Crippen LogP contribution >= 0.6 is 0 Å². The van der Waals surface area contributed by atoms with Crippen molar-refractivity contribution in [1.29, 1.82) is 0 Å². The van der Waals surface area contributed by atoms with Gasteiger partial charge < -0.3 is 9.80 Å². The fourth-order valence-electron chi connectivity index (χ4n) is 5.29. The van der Waals surface area contributed by atoms with Crippen LogP contribution in [-0.4, -0.2) is 97.6 Å². The SMILES string of the molecule is CCN1CCCC(CN2CCN(CC3CCN(C)CC3)CC2(C)C)C1. The Morgan fingerprint density at radius 2 is 1.60 bits per heavy atom. The minimum Gasteiger partial charge on any atom is -0.306 e. The summed E-state index contributed by atoms with van der Waals surface area (Å²) >= 11 is 0. The lowest BCUT2D eigenvalue weighted by atomic mass is 9.91. The monoisotopic (exact) mass is 350 g/mol. The second-order valence-corrected chi connectivity index (χ2v) is 9.64. The first kappa shape index (κ1) is 19.6. The number of hydrogen-bond donors (Lipinski definition) is 0. The van der Waals surface area contributed by atoms with Crippen LogP contribution in [0.4, 0.5) is 0 Å². The van der Waals surface area contributed by atoms with E-state index in [9.17, 15) is 0 Å². The summed E-state index contributed by atoms with van der Waals surface area (Å²) in [5.74, 6) is 1.81. The summed E-state index contributed by atoms with van der Waals surface area (Å²) in [5, 5.41) is 0. The highest BCUT2D eigenvalue weighted by Gasteiger charge is 2.36. The molecule has 3 aliphatic rings. The molecule has 0 aromatic heterocycles. The van der Waals surface area contributed by atoms with Gasteiger partial charge in [0.2, 0.25) is 0 Å². The van der Waals surface area contributed by atoms with Crippen LogP contribution in [0.1, 0.15) is 46.5 Å². The topological polar surface area (TPSA) is 13.0 Å². The fraction of sp³-hybridized carbons (Fsp3) is 1.00. The van der Waals surface area contributed by atoms with E-state index in [4.69, 9.17) is 0 Å². The van der Waals surface area contributed by atoms with E-state index in [-0.39, 0.29) is 0 Å². The first-order valence-corrected chi connectivity index (χ1v) is 10.8. The number of nitrogens with zero attached hydrogens (tertiary/aromatic N) is 4. The molecule has 4 heteroatoms. The molecule has 25 heavy (non-hydrogen) atoms. The molecular formula is C21H42N4. The number of rotatable bonds is 5. The third kappa shape index (κ3) is 5.41. The minimum absolute atomic E-state index is 0.332. The Kier molecular flexibility index (Phi) is 6.81. The Labute approximate surface area is 156 Å². The van der Waals surface area contributed by atoms with Crippen LogP contribution in [0.2, 0.25) is 0 Å². The standard InChI is InChI=1S/C21H42N4/c1-5-23-10-6-7-20(16-23)17-25-14-13-24(18-21(25,2)3)15-19-8-11-22(4)12-9-19/h19-20H,5-18H2,1-4H3. The number of piperidine rings is 2. The molecule has 0 aromatic carbocycles. The van der Waals surface area contributed by atoms with Crippen molar-refractivity contribution in [2.24, 2.45) is 11.8 Å². The Morgan fingerprint density at radius 1 is 0.840 bits per heavy atom. The third-order valence-corrected chi connectivity index (χ3v) is 7.04. The van der Waals surface area contributed by atoms with Gasteiger partial charge in [0.05, 0.1) is 0 Å². The maximum atomic E-state index is 2.81. The Hall–Kier alpha value is -0.160. The summed E-state index contributed by atoms with van der Waals surface area (Å²) in [6.07, 6.45) is 5.62. The van der Waals surface area contributed by atoms with E-state index >= 15 is 0 Å². The molecule has 3 aliphatic heterocycles. The lowest BCUT2D eigenvalue weighted by Crippen LogP contribution is -2.61. The predicted octanol–water partition coefficient (Wildman–Crippen LogP) is 2.46. The van der Waals surface area contributed by atoms with Crippen molar-refractivity contribution in [3.05, 3.63) is 0 Å². The summed E-state index contributed by atoms with van der Waals surface area (Å²) in [7, 11) is 2.27. The van der Waals surface area contributed by atoms with Gasteiger partial charge in [0.1, 0.15) is 0 Å². The number of likely N-dealkylation sites (tertiary alicyclic amines) is 2. The van der Waals surface area contributed by atoms with E-state index < -0.39 is 0 Å². The van der Waals surface area contributed by atoms with Gasteiger partial charge in [0.15, 0.2) is 0 Å². The van der Waals surface area contributed by atoms with Crippen molar-refractivity contribution in [1.82, 2.24) is 19.6 Å². The lowest BCUT2D eigenvalue weighted by molar-refractivity contribution is -0.00781. The van der Waals surface area contributed by atoms with Crippen molar-refractivity contribution >= 4 is 0 Å². The van der Waals surface area contributed by atoms with Crippen LogP contribution in [0.5, 0.6) is 0 Å². The molecule has 3 saturated heterocycles. The molecule has 0 aromatic rings. The van der Waals surface area contributed by atoms with Crippen LogP contribution in [0, 0.1) is 11.8 Å². The van der Waals surface area contributed by atoms with Crippen molar-refractivity contribution in [3.8, 4) is 0 Å². The summed E-state index contributed by atoms with van der Waals surface area (Å²) in [5.41, 5.74) is 0.332. The first-order valence-electron chi connectivity index (χ1n) is 10.8. The summed E-state index contributed by atoms with van der Waals surface area (Å²) in [6, 6.07) is 0. The van der Waals surface area contributed by atoms with Crippen molar-refractivity contribution in [3.63, 3.8) is 0 Å². The Morgan fingerprint density at radius 3 is 2.28 bits per heavy atom. The number of piperazine rings is 1. The van der Waals surface area contributed by atoms with Gasteiger partial charge in [-0.3, -0.25) is 9.80 Å². The van der Waals surface area contributed by atoms with E-state index in [1.165, 1.54) is 91.1 Å². The van der Waals surface area contributed by atoms with Gasteiger partial charge in [-0.15, -0.1) is 0 Å². The zero-order valence-electron chi connectivity index (χ0n) is 17.3. The van der Waals surface area contributed by atoms with Gasteiger partial charge in [0, 0.05) is 44.8 Å². The van der Waals surface area contributed by atoms with E-state index in [1.54, 1.807) is 0 Å². The molecule has 0 N–H and O–H groups in total. The smallest absolute Gasteiger partial charge is 0.0280 e. The summed E-state index contributed by atoms with van der Waals surface area (Å²) in [4.78, 5) is 10.7. The molecule has 4 nitrogen and oxygen atoms in total. The highest BCUT2D eigenvalue weighted by atomic mass is 15.3. The maximum Gasteiger partial charge on any atom is 0.0280 e. The molecule has 3 heterocycles. The molecule has 0 radical (unpaired) electrons. The van der Waals surface area contributed by atoms with Crippen LogP contribution in [0.15, 0.2) is 0 Å². The molecular weight excluding hydrogens is 308 g/mol. The van der Waals surface area contributed by atoms with Gasteiger partial charge in [0.25, 0.3) is 0 Å². The van der Waals surface area contributed by atoms with E-state index in [2.05, 4.69) is 47.4 Å². The van der Waals surface area contributed by atoms with Gasteiger partial charge in [-0.25, -0.2) is 0 Å². The van der Waals surface area contributed by atoms with E-state index in [1.807, 2.05) is 0 Å². The molecule has 146 valence electrons. The van der Waals surface area contributed by atoms with Gasteiger partial charge in [-0.05, 0) is 84.6 Å². The molecule has 0 bridgehead atoms. The van der Waals surface area contributed by atoms with Crippen molar-refractivity contribution in [2.45, 2.75) is 52.0 Å². The lowest BCUT2D eigenvalue weighted by Gasteiger charge is -2.50. The second kappa shape index (κ2) is 8.69. The predicted molar refractivity (Wildman–Crippen MR) is 107 cm³/mol. The quantitative estimate of drug-likeness (QED) is 0.755. The zero-order chi connectivity index (χ0) is 17.9. The summed E-state index contributed by atoms with van der Waals surface area (Å²) < 4.78 is 0. The highest BCUT2D eigenvalue weighted by molar-refractivity contribution is 4.92. The first-order chi connectivity index (χ1) is 12.0. The molecule has 0 saturated carbocycles. The average Bonchev–Trinajstić information content (AvgIpc) is 2.59. The molecule has 3 rings (SSSR count). The summed E-state index contributed by atoms with van der Waals surface area (Å²) in [6.45, 7) is 20.2. The highest BCUT2D eigenvalue weighted by Crippen LogP contribution is 2.27. The number of hydrogen-bond acceptors (Lipinski definition) is 4. The largest absolute Gasteiger partial charge is 0.306 e. The van der Waals surface area contributed by atoms with E-state index in [0.717, 1.165) is 11.8 Å². The Balaban J connectivity index is 1.47. The second-order valence-electron chi connectivity index (χ2n) is 9.64. The van der Waals surface area contributed by atoms with Gasteiger partial charge >= 0.3 is 0 Å². The zero-order valence-corrected chi connectivity index (χ0v) is 17.3. The normalized spacial score (nSPS) is 31.4. The molecule has 1 atom stereocenters. The van der Waals surface area contributed by atoms with Crippen LogP contribution in [0.25, 0.3) is 0 Å². The van der Waals surface area contributed by atoms with Gasteiger partial charge in [-0.2, -0.15) is 0 Å². The van der Waals surface area contributed by atoms with Crippen molar-refractivity contribution < 1.29 is 0 Å². The Bertz CT molecular complexity index is 403.